The van der Waals surface area contributed by atoms with Gasteiger partial charge in [0, 0.05) is 24.3 Å². The summed E-state index contributed by atoms with van der Waals surface area (Å²) in [5.74, 6) is 0.385. The van der Waals surface area contributed by atoms with Gasteiger partial charge in [-0.15, -0.1) is 0 Å². The second-order valence-electron chi connectivity index (χ2n) is 8.10. The highest BCUT2D eigenvalue weighted by molar-refractivity contribution is 5.86. The number of hydrogen-bond acceptors (Lipinski definition) is 6. The van der Waals surface area contributed by atoms with E-state index in [1.54, 1.807) is 30.7 Å². The number of aromatic nitrogens is 5. The number of anilines is 1. The number of nitrogens with one attached hydrogen (secondary N) is 3. The summed E-state index contributed by atoms with van der Waals surface area (Å²) in [6, 6.07) is 14.0. The Morgan fingerprint density at radius 3 is 2.74 bits per heavy atom. The molecule has 0 aliphatic heterocycles. The summed E-state index contributed by atoms with van der Waals surface area (Å²) >= 11 is 0. The van der Waals surface area contributed by atoms with Gasteiger partial charge in [-0.2, -0.15) is 0 Å². The summed E-state index contributed by atoms with van der Waals surface area (Å²) in [5.41, 5.74) is 4.44. The number of aromatic amines is 2. The van der Waals surface area contributed by atoms with Gasteiger partial charge in [0.05, 0.1) is 35.7 Å². The quantitative estimate of drug-likeness (QED) is 0.256. The molecule has 5 aromatic rings. The second kappa shape index (κ2) is 8.97. The summed E-state index contributed by atoms with van der Waals surface area (Å²) in [4.78, 5) is 27.6. The van der Waals surface area contributed by atoms with Crippen molar-refractivity contribution in [2.45, 2.75) is 19.1 Å². The van der Waals surface area contributed by atoms with E-state index in [9.17, 15) is 15.0 Å². The van der Waals surface area contributed by atoms with Crippen molar-refractivity contribution in [1.29, 1.82) is 0 Å². The fraction of sp³-hybridized carbons (Fsp3) is 0.160. The summed E-state index contributed by atoms with van der Waals surface area (Å²) in [5, 5.41) is 23.9. The van der Waals surface area contributed by atoms with Crippen molar-refractivity contribution in [1.82, 2.24) is 24.5 Å². The van der Waals surface area contributed by atoms with Crippen LogP contribution in [0.25, 0.3) is 28.1 Å². The summed E-state index contributed by atoms with van der Waals surface area (Å²) in [6.45, 7) is 1.62. The molecule has 0 radical (unpaired) electrons. The maximum atomic E-state index is 12.9. The van der Waals surface area contributed by atoms with Gasteiger partial charge in [-0.25, -0.2) is 9.97 Å². The minimum atomic E-state index is -0.978. The lowest BCUT2D eigenvalue weighted by molar-refractivity contribution is 0.118. The SMILES string of the molecule is Cc1cc(-n2ccnc2)cc2[nH]c(-c3c(NC(CO)C(O)c4ccccc4)cc[nH]c3=O)nc12. The third kappa shape index (κ3) is 3.98. The van der Waals surface area contributed by atoms with E-state index in [4.69, 9.17) is 4.98 Å². The fourth-order valence-corrected chi connectivity index (χ4v) is 4.09. The van der Waals surface area contributed by atoms with Gasteiger partial charge in [-0.3, -0.25) is 4.79 Å². The van der Waals surface area contributed by atoms with Crippen LogP contribution in [0.1, 0.15) is 17.2 Å². The molecule has 5 rings (SSSR count). The van der Waals surface area contributed by atoms with Gasteiger partial charge in [-0.1, -0.05) is 30.3 Å². The van der Waals surface area contributed by atoms with E-state index in [1.165, 1.54) is 6.20 Å². The highest BCUT2D eigenvalue weighted by Crippen LogP contribution is 2.29. The first-order valence-corrected chi connectivity index (χ1v) is 10.9. The molecule has 0 amide bonds. The second-order valence-corrected chi connectivity index (χ2v) is 8.10. The molecule has 0 aliphatic rings. The number of aliphatic hydroxyl groups is 2. The first-order valence-electron chi connectivity index (χ1n) is 10.9. The highest BCUT2D eigenvalue weighted by Gasteiger charge is 2.23. The van der Waals surface area contributed by atoms with Crippen LogP contribution < -0.4 is 10.9 Å². The minimum Gasteiger partial charge on any atom is -0.394 e. The van der Waals surface area contributed by atoms with Gasteiger partial charge in [0.25, 0.3) is 5.56 Å². The number of H-pyrrole nitrogens is 2. The molecule has 0 fully saturated rings. The third-order valence-electron chi connectivity index (χ3n) is 5.82. The minimum absolute atomic E-state index is 0.293. The first-order chi connectivity index (χ1) is 16.5. The molecule has 0 spiro atoms. The number of imidazole rings is 2. The lowest BCUT2D eigenvalue weighted by Crippen LogP contribution is -2.32. The molecular weight excluding hydrogens is 432 g/mol. The zero-order valence-electron chi connectivity index (χ0n) is 18.4. The highest BCUT2D eigenvalue weighted by atomic mass is 16.3. The van der Waals surface area contributed by atoms with Gasteiger partial charge in [0.15, 0.2) is 0 Å². The Labute approximate surface area is 194 Å². The van der Waals surface area contributed by atoms with E-state index >= 15 is 0 Å². The molecule has 9 nitrogen and oxygen atoms in total. The molecule has 3 heterocycles. The van der Waals surface area contributed by atoms with Crippen molar-refractivity contribution < 1.29 is 10.2 Å². The van der Waals surface area contributed by atoms with E-state index in [1.807, 2.05) is 48.0 Å². The molecule has 3 aromatic heterocycles. The van der Waals surface area contributed by atoms with Crippen LogP contribution in [0.5, 0.6) is 0 Å². The molecule has 2 aromatic carbocycles. The predicted molar refractivity (Wildman–Crippen MR) is 130 cm³/mol. The number of rotatable bonds is 7. The average molecular weight is 457 g/mol. The number of aryl methyl sites for hydroxylation is 1. The molecule has 0 saturated carbocycles. The van der Waals surface area contributed by atoms with Crippen LogP contribution >= 0.6 is 0 Å². The van der Waals surface area contributed by atoms with Crippen LogP contribution in [0.3, 0.4) is 0 Å². The van der Waals surface area contributed by atoms with Crippen molar-refractivity contribution in [3.8, 4) is 17.1 Å². The van der Waals surface area contributed by atoms with Crippen LogP contribution in [-0.4, -0.2) is 47.4 Å². The number of hydrogen-bond donors (Lipinski definition) is 5. The van der Waals surface area contributed by atoms with Crippen molar-refractivity contribution in [3.05, 3.63) is 94.9 Å². The van der Waals surface area contributed by atoms with E-state index in [0.717, 1.165) is 22.3 Å². The van der Waals surface area contributed by atoms with Gasteiger partial charge in [0.1, 0.15) is 17.5 Å². The van der Waals surface area contributed by atoms with Gasteiger partial charge < -0.3 is 30.1 Å². The number of benzene rings is 2. The third-order valence-corrected chi connectivity index (χ3v) is 5.82. The molecule has 34 heavy (non-hydrogen) atoms. The number of pyridine rings is 1. The maximum absolute atomic E-state index is 12.9. The van der Waals surface area contributed by atoms with Crippen molar-refractivity contribution in [2.24, 2.45) is 0 Å². The molecule has 2 atom stereocenters. The Hall–Kier alpha value is -4.21. The number of aliphatic hydroxyl groups excluding tert-OH is 2. The van der Waals surface area contributed by atoms with Crippen LogP contribution in [0, 0.1) is 6.92 Å². The van der Waals surface area contributed by atoms with E-state index in [0.29, 0.717) is 22.6 Å². The fourth-order valence-electron chi connectivity index (χ4n) is 4.09. The zero-order chi connectivity index (χ0) is 23.7. The van der Waals surface area contributed by atoms with E-state index in [-0.39, 0.29) is 12.2 Å². The molecule has 5 N–H and O–H groups in total. The normalized spacial score (nSPS) is 13.1. The first kappa shape index (κ1) is 21.6. The molecule has 0 saturated heterocycles. The zero-order valence-corrected chi connectivity index (χ0v) is 18.4. The number of nitrogens with zero attached hydrogens (tertiary/aromatic N) is 3. The van der Waals surface area contributed by atoms with Gasteiger partial charge >= 0.3 is 0 Å². The summed E-state index contributed by atoms with van der Waals surface area (Å²) in [6.07, 6.45) is 5.82. The van der Waals surface area contributed by atoms with E-state index < -0.39 is 12.1 Å². The van der Waals surface area contributed by atoms with Crippen molar-refractivity contribution >= 4 is 16.7 Å². The van der Waals surface area contributed by atoms with Crippen LogP contribution in [0.2, 0.25) is 0 Å². The Morgan fingerprint density at radius 2 is 2.00 bits per heavy atom. The molecule has 2 unspecified atom stereocenters. The molecule has 9 heteroatoms. The Kier molecular flexibility index (Phi) is 5.70. The van der Waals surface area contributed by atoms with E-state index in [2.05, 4.69) is 20.3 Å². The smallest absolute Gasteiger partial charge is 0.261 e. The molecule has 0 bridgehead atoms. The lowest BCUT2D eigenvalue weighted by atomic mass is 10.0. The largest absolute Gasteiger partial charge is 0.394 e. The Morgan fingerprint density at radius 1 is 1.18 bits per heavy atom. The topological polar surface area (TPSA) is 132 Å². The number of fused-ring (bicyclic) bond motifs is 1. The molecule has 172 valence electrons. The standard InChI is InChI=1S/C25H24N6O3/c1-15-11-17(31-10-9-26-14-31)12-19-22(15)30-24(29-19)21-18(7-8-27-25(21)34)28-20(13-32)23(33)16-5-3-2-4-6-16/h2-12,14,20,23,32-33H,13H2,1H3,(H,29,30)(H2,27,28,34). The van der Waals surface area contributed by atoms with Crippen LogP contribution in [-0.2, 0) is 0 Å². The van der Waals surface area contributed by atoms with Crippen LogP contribution in [0.4, 0.5) is 5.69 Å². The van der Waals surface area contributed by atoms with Gasteiger partial charge in [0.2, 0.25) is 0 Å². The Balaban J connectivity index is 1.55. The van der Waals surface area contributed by atoms with Crippen molar-refractivity contribution in [3.63, 3.8) is 0 Å². The Bertz CT molecular complexity index is 1470. The van der Waals surface area contributed by atoms with Crippen LogP contribution in [0.15, 0.2) is 78.2 Å². The maximum Gasteiger partial charge on any atom is 0.261 e. The van der Waals surface area contributed by atoms with Gasteiger partial charge in [-0.05, 0) is 36.2 Å². The van der Waals surface area contributed by atoms with Crippen molar-refractivity contribution in [2.75, 3.05) is 11.9 Å². The molecule has 0 aliphatic carbocycles. The monoisotopic (exact) mass is 456 g/mol. The summed E-state index contributed by atoms with van der Waals surface area (Å²) in [7, 11) is 0. The predicted octanol–water partition coefficient (Wildman–Crippen LogP) is 2.92. The summed E-state index contributed by atoms with van der Waals surface area (Å²) < 4.78 is 1.89. The average Bonchev–Trinajstić information content (AvgIpc) is 3.53. The molecular formula is C25H24N6O3. The lowest BCUT2D eigenvalue weighted by Gasteiger charge is -2.24.